The van der Waals surface area contributed by atoms with E-state index < -0.39 is 0 Å². The molecular formula is C12H21IN4OS. The van der Waals surface area contributed by atoms with Crippen molar-refractivity contribution in [1.82, 2.24) is 10.3 Å². The molecule has 1 aliphatic heterocycles. The van der Waals surface area contributed by atoms with Crippen molar-refractivity contribution in [2.75, 3.05) is 13.2 Å². The third-order valence-corrected chi connectivity index (χ3v) is 3.86. The molecule has 0 aliphatic carbocycles. The van der Waals surface area contributed by atoms with E-state index in [1.54, 1.807) is 11.3 Å². The van der Waals surface area contributed by atoms with Crippen LogP contribution in [0.15, 0.2) is 4.99 Å². The molecule has 0 radical (unpaired) electrons. The number of hydrogen-bond acceptors (Lipinski definition) is 4. The molecule has 1 atom stereocenters. The molecule has 0 saturated carbocycles. The van der Waals surface area contributed by atoms with Gasteiger partial charge < -0.3 is 15.8 Å². The number of nitrogens with two attached hydrogens (primary N) is 1. The van der Waals surface area contributed by atoms with Gasteiger partial charge in [-0.1, -0.05) is 0 Å². The average Bonchev–Trinajstić information content (AvgIpc) is 2.94. The Morgan fingerprint density at radius 2 is 2.37 bits per heavy atom. The lowest BCUT2D eigenvalue weighted by atomic mass is 10.2. The molecule has 7 heteroatoms. The van der Waals surface area contributed by atoms with E-state index in [0.29, 0.717) is 12.5 Å². The molecule has 2 heterocycles. The predicted molar refractivity (Wildman–Crippen MR) is 89.3 cm³/mol. The van der Waals surface area contributed by atoms with Crippen LogP contribution >= 0.6 is 35.3 Å². The smallest absolute Gasteiger partial charge is 0.189 e. The summed E-state index contributed by atoms with van der Waals surface area (Å²) in [6, 6.07) is 0. The fourth-order valence-electron chi connectivity index (χ4n) is 1.96. The van der Waals surface area contributed by atoms with E-state index in [4.69, 9.17) is 10.5 Å². The van der Waals surface area contributed by atoms with Crippen LogP contribution in [0.3, 0.4) is 0 Å². The Labute approximate surface area is 135 Å². The topological polar surface area (TPSA) is 72.5 Å². The van der Waals surface area contributed by atoms with Gasteiger partial charge in [-0.2, -0.15) is 0 Å². The second-order valence-electron chi connectivity index (χ2n) is 4.45. The fraction of sp³-hybridized carbons (Fsp3) is 0.667. The van der Waals surface area contributed by atoms with E-state index >= 15 is 0 Å². The summed E-state index contributed by atoms with van der Waals surface area (Å²) >= 11 is 1.69. The van der Waals surface area contributed by atoms with Gasteiger partial charge in [0, 0.05) is 18.0 Å². The minimum Gasteiger partial charge on any atom is -0.376 e. The van der Waals surface area contributed by atoms with Crippen molar-refractivity contribution in [2.24, 2.45) is 10.7 Å². The van der Waals surface area contributed by atoms with Crippen molar-refractivity contribution in [3.05, 3.63) is 15.6 Å². The number of halogens is 1. The summed E-state index contributed by atoms with van der Waals surface area (Å²) in [6.45, 7) is 6.21. The minimum absolute atomic E-state index is 0. The molecular weight excluding hydrogens is 375 g/mol. The van der Waals surface area contributed by atoms with Crippen molar-refractivity contribution in [1.29, 1.82) is 0 Å². The first kappa shape index (κ1) is 16.6. The Balaban J connectivity index is 0.00000180. The van der Waals surface area contributed by atoms with Crippen molar-refractivity contribution in [3.63, 3.8) is 0 Å². The van der Waals surface area contributed by atoms with E-state index in [1.807, 2.05) is 6.92 Å². The van der Waals surface area contributed by atoms with Gasteiger partial charge in [-0.05, 0) is 26.7 Å². The quantitative estimate of drug-likeness (QED) is 0.464. The zero-order valence-electron chi connectivity index (χ0n) is 11.3. The van der Waals surface area contributed by atoms with Crippen molar-refractivity contribution in [3.8, 4) is 0 Å². The predicted octanol–water partition coefficient (Wildman–Crippen LogP) is 1.96. The van der Waals surface area contributed by atoms with E-state index in [2.05, 4.69) is 22.2 Å². The number of aliphatic imine (C=N–C) groups is 1. The summed E-state index contributed by atoms with van der Waals surface area (Å²) < 4.78 is 5.50. The molecule has 0 amide bonds. The largest absolute Gasteiger partial charge is 0.376 e. The Morgan fingerprint density at radius 3 is 2.95 bits per heavy atom. The summed E-state index contributed by atoms with van der Waals surface area (Å²) in [5.41, 5.74) is 6.83. The Morgan fingerprint density at radius 1 is 1.58 bits per heavy atom. The van der Waals surface area contributed by atoms with Gasteiger partial charge in [-0.25, -0.2) is 9.98 Å². The van der Waals surface area contributed by atoms with Gasteiger partial charge in [0.2, 0.25) is 0 Å². The van der Waals surface area contributed by atoms with Crippen LogP contribution in [0.1, 0.15) is 28.4 Å². The second-order valence-corrected chi connectivity index (χ2v) is 5.86. The van der Waals surface area contributed by atoms with Crippen LogP contribution in [-0.4, -0.2) is 30.2 Å². The lowest BCUT2D eigenvalue weighted by molar-refractivity contribution is 0.114. The number of nitrogens with zero attached hydrogens (tertiary/aromatic N) is 2. The number of thiazole rings is 1. The third kappa shape index (κ3) is 5.23. The number of hydrogen-bond donors (Lipinski definition) is 2. The van der Waals surface area contributed by atoms with Gasteiger partial charge in [-0.15, -0.1) is 35.3 Å². The van der Waals surface area contributed by atoms with Crippen molar-refractivity contribution >= 4 is 41.3 Å². The third-order valence-electron chi connectivity index (χ3n) is 2.93. The molecule has 0 bridgehead atoms. The average molecular weight is 396 g/mol. The highest BCUT2D eigenvalue weighted by Crippen LogP contribution is 2.16. The van der Waals surface area contributed by atoms with E-state index in [9.17, 15) is 0 Å². The Kier molecular flexibility index (Phi) is 7.01. The number of aryl methyl sites for hydroxylation is 2. The highest BCUT2D eigenvalue weighted by molar-refractivity contribution is 14.0. The van der Waals surface area contributed by atoms with E-state index in [0.717, 1.165) is 36.7 Å². The SMILES string of the molecule is Cc1nc(CN=C(N)NCC2CCCO2)c(C)s1.I. The molecule has 0 spiro atoms. The number of aromatic nitrogens is 1. The minimum atomic E-state index is 0. The van der Waals surface area contributed by atoms with Gasteiger partial charge in [0.05, 0.1) is 23.4 Å². The zero-order valence-corrected chi connectivity index (χ0v) is 14.5. The fourth-order valence-corrected chi connectivity index (χ4v) is 2.79. The molecule has 1 saturated heterocycles. The Bertz CT molecular complexity index is 429. The van der Waals surface area contributed by atoms with Gasteiger partial charge >= 0.3 is 0 Å². The first-order valence-electron chi connectivity index (χ1n) is 6.23. The number of ether oxygens (including phenoxy) is 1. The van der Waals surface area contributed by atoms with Crippen LogP contribution in [-0.2, 0) is 11.3 Å². The van der Waals surface area contributed by atoms with Gasteiger partial charge in [0.15, 0.2) is 5.96 Å². The Hall–Kier alpha value is -0.410. The van der Waals surface area contributed by atoms with Gasteiger partial charge in [-0.3, -0.25) is 0 Å². The molecule has 5 nitrogen and oxygen atoms in total. The molecule has 2 rings (SSSR count). The van der Waals surface area contributed by atoms with Crippen LogP contribution in [0.2, 0.25) is 0 Å². The molecule has 1 fully saturated rings. The normalized spacial score (nSPS) is 19.3. The molecule has 108 valence electrons. The van der Waals surface area contributed by atoms with Crippen LogP contribution in [0.4, 0.5) is 0 Å². The van der Waals surface area contributed by atoms with Gasteiger partial charge in [0.25, 0.3) is 0 Å². The summed E-state index contributed by atoms with van der Waals surface area (Å²) in [7, 11) is 0. The highest BCUT2D eigenvalue weighted by Gasteiger charge is 2.14. The summed E-state index contributed by atoms with van der Waals surface area (Å²) in [6.07, 6.45) is 2.52. The van der Waals surface area contributed by atoms with Crippen LogP contribution in [0.5, 0.6) is 0 Å². The maximum absolute atomic E-state index is 5.82. The zero-order chi connectivity index (χ0) is 13.0. The standard InChI is InChI=1S/C12H20N4OS.HI/c1-8-11(16-9(2)18-8)7-15-12(13)14-6-10-4-3-5-17-10;/h10H,3-7H2,1-2H3,(H3,13,14,15);1H. The molecule has 1 aliphatic rings. The number of rotatable bonds is 4. The molecule has 3 N–H and O–H groups in total. The second kappa shape index (κ2) is 8.01. The molecule has 0 aromatic carbocycles. The van der Waals surface area contributed by atoms with Crippen molar-refractivity contribution < 1.29 is 4.74 Å². The first-order valence-corrected chi connectivity index (χ1v) is 7.05. The molecule has 1 aromatic rings. The molecule has 1 aromatic heterocycles. The summed E-state index contributed by atoms with van der Waals surface area (Å²) in [5.74, 6) is 0.468. The van der Waals surface area contributed by atoms with Crippen molar-refractivity contribution in [2.45, 2.75) is 39.3 Å². The van der Waals surface area contributed by atoms with E-state index in [-0.39, 0.29) is 30.1 Å². The maximum atomic E-state index is 5.82. The van der Waals surface area contributed by atoms with Gasteiger partial charge in [0.1, 0.15) is 0 Å². The van der Waals surface area contributed by atoms with Crippen LogP contribution < -0.4 is 11.1 Å². The van der Waals surface area contributed by atoms with E-state index in [1.165, 1.54) is 4.88 Å². The lowest BCUT2D eigenvalue weighted by Crippen LogP contribution is -2.37. The summed E-state index contributed by atoms with van der Waals surface area (Å²) in [5, 5.41) is 4.17. The lowest BCUT2D eigenvalue weighted by Gasteiger charge is -2.10. The van der Waals surface area contributed by atoms with Crippen LogP contribution in [0, 0.1) is 13.8 Å². The monoisotopic (exact) mass is 396 g/mol. The first-order chi connectivity index (χ1) is 8.65. The maximum Gasteiger partial charge on any atom is 0.189 e. The van der Waals surface area contributed by atoms with Crippen LogP contribution in [0.25, 0.3) is 0 Å². The number of nitrogens with one attached hydrogen (secondary N) is 1. The summed E-state index contributed by atoms with van der Waals surface area (Å²) in [4.78, 5) is 9.94. The molecule has 19 heavy (non-hydrogen) atoms. The molecule has 1 unspecified atom stereocenters. The number of guanidine groups is 1. The highest BCUT2D eigenvalue weighted by atomic mass is 127.